The molecule has 0 bridgehead atoms. The highest BCUT2D eigenvalue weighted by Crippen LogP contribution is 2.35. The number of fused-ring (bicyclic) bond motifs is 1. The highest BCUT2D eigenvalue weighted by molar-refractivity contribution is 5.88. The molecule has 1 fully saturated rings. The third-order valence-corrected chi connectivity index (χ3v) is 6.94. The Bertz CT molecular complexity index is 1480. The van der Waals surface area contributed by atoms with Crippen molar-refractivity contribution in [3.63, 3.8) is 0 Å². The Balaban J connectivity index is 1.30. The SMILES string of the molecule is CCOC(=O)c1cnn(-c2nc(OC)c3c(cnn3[C@@H](C)C3CCN(c4ccc(OC(F)(F)F)cc4)CC3)n2)c1. The van der Waals surface area contributed by atoms with Crippen LogP contribution in [0.4, 0.5) is 18.9 Å². The zero-order chi connectivity index (χ0) is 28.4. The van der Waals surface area contributed by atoms with E-state index in [2.05, 4.69) is 36.7 Å². The van der Waals surface area contributed by atoms with Crippen molar-refractivity contribution in [1.29, 1.82) is 0 Å². The van der Waals surface area contributed by atoms with Gasteiger partial charge in [0.05, 0.1) is 37.7 Å². The molecule has 0 amide bonds. The summed E-state index contributed by atoms with van der Waals surface area (Å²) < 4.78 is 55.2. The second-order valence-electron chi connectivity index (χ2n) is 9.36. The fraction of sp³-hybridized carbons (Fsp3) is 0.423. The number of rotatable bonds is 8. The molecular formula is C26H28F3N7O4. The summed E-state index contributed by atoms with van der Waals surface area (Å²) in [5.41, 5.74) is 2.35. The number of hydrogen-bond donors (Lipinski definition) is 0. The standard InChI is InChI=1S/C26H28F3N7O4/c1-4-39-24(37)18-13-30-35(15-18)25-32-21-14-31-36(22(21)23(33-25)38-3)16(2)17-9-11-34(12-10-17)19-5-7-20(8-6-19)40-26(27,28)29/h5-8,13-17H,4,9-12H2,1-3H3/t16-/m0/s1. The van der Waals surface area contributed by atoms with Crippen molar-refractivity contribution < 1.29 is 32.2 Å². The van der Waals surface area contributed by atoms with Crippen LogP contribution in [-0.4, -0.2) is 68.7 Å². The quantitative estimate of drug-likeness (QED) is 0.287. The van der Waals surface area contributed by atoms with Gasteiger partial charge in [0.1, 0.15) is 16.8 Å². The van der Waals surface area contributed by atoms with E-state index < -0.39 is 12.3 Å². The Labute approximate surface area is 227 Å². The summed E-state index contributed by atoms with van der Waals surface area (Å²) >= 11 is 0. The molecule has 1 aliphatic heterocycles. The number of aromatic nitrogens is 6. The average molecular weight is 560 g/mol. The van der Waals surface area contributed by atoms with Crippen LogP contribution in [0.5, 0.6) is 11.6 Å². The number of anilines is 1. The van der Waals surface area contributed by atoms with Crippen LogP contribution in [0.15, 0.2) is 42.9 Å². The highest BCUT2D eigenvalue weighted by Gasteiger charge is 2.31. The third-order valence-electron chi connectivity index (χ3n) is 6.94. The van der Waals surface area contributed by atoms with Gasteiger partial charge in [0.15, 0.2) is 0 Å². The van der Waals surface area contributed by atoms with Crippen LogP contribution < -0.4 is 14.4 Å². The lowest BCUT2D eigenvalue weighted by molar-refractivity contribution is -0.274. The zero-order valence-corrected chi connectivity index (χ0v) is 22.1. The van der Waals surface area contributed by atoms with Crippen molar-refractivity contribution in [3.8, 4) is 17.6 Å². The van der Waals surface area contributed by atoms with E-state index >= 15 is 0 Å². The average Bonchev–Trinajstić information content (AvgIpc) is 3.60. The van der Waals surface area contributed by atoms with Gasteiger partial charge in [0.25, 0.3) is 5.95 Å². The molecule has 3 aromatic heterocycles. The van der Waals surface area contributed by atoms with Crippen LogP contribution in [0, 0.1) is 5.92 Å². The van der Waals surface area contributed by atoms with Crippen LogP contribution >= 0.6 is 0 Å². The van der Waals surface area contributed by atoms with Gasteiger partial charge in [-0.25, -0.2) is 14.5 Å². The minimum Gasteiger partial charge on any atom is -0.479 e. The molecule has 212 valence electrons. The predicted octanol–water partition coefficient (Wildman–Crippen LogP) is 4.57. The number of hydrogen-bond acceptors (Lipinski definition) is 9. The highest BCUT2D eigenvalue weighted by atomic mass is 19.4. The summed E-state index contributed by atoms with van der Waals surface area (Å²) in [4.78, 5) is 23.3. The van der Waals surface area contributed by atoms with Crippen molar-refractivity contribution in [2.24, 2.45) is 5.92 Å². The predicted molar refractivity (Wildman–Crippen MR) is 138 cm³/mol. The Morgan fingerprint density at radius 3 is 2.48 bits per heavy atom. The second-order valence-corrected chi connectivity index (χ2v) is 9.36. The maximum absolute atomic E-state index is 12.5. The van der Waals surface area contributed by atoms with E-state index in [0.717, 1.165) is 31.6 Å². The number of methoxy groups -OCH3 is 1. The maximum atomic E-state index is 12.5. The number of esters is 1. The Morgan fingerprint density at radius 2 is 1.82 bits per heavy atom. The van der Waals surface area contributed by atoms with Crippen molar-refractivity contribution in [2.75, 3.05) is 31.7 Å². The van der Waals surface area contributed by atoms with Gasteiger partial charge in [0, 0.05) is 25.0 Å². The number of benzene rings is 1. The summed E-state index contributed by atoms with van der Waals surface area (Å²) in [5, 5.41) is 8.78. The first-order valence-electron chi connectivity index (χ1n) is 12.8. The van der Waals surface area contributed by atoms with Crippen LogP contribution in [-0.2, 0) is 4.74 Å². The summed E-state index contributed by atoms with van der Waals surface area (Å²) in [6.45, 7) is 5.55. The zero-order valence-electron chi connectivity index (χ0n) is 22.1. The molecule has 0 radical (unpaired) electrons. The summed E-state index contributed by atoms with van der Waals surface area (Å²) in [5.74, 6) is 0.122. The van der Waals surface area contributed by atoms with Gasteiger partial charge >= 0.3 is 12.3 Å². The van der Waals surface area contributed by atoms with Gasteiger partial charge in [-0.3, -0.25) is 4.68 Å². The van der Waals surface area contributed by atoms with E-state index in [1.54, 1.807) is 25.3 Å². The van der Waals surface area contributed by atoms with Gasteiger partial charge in [-0.05, 0) is 56.9 Å². The van der Waals surface area contributed by atoms with Crippen LogP contribution in [0.2, 0.25) is 0 Å². The molecule has 0 aliphatic carbocycles. The van der Waals surface area contributed by atoms with Crippen LogP contribution in [0.1, 0.15) is 43.1 Å². The van der Waals surface area contributed by atoms with Gasteiger partial charge in [-0.15, -0.1) is 13.2 Å². The molecule has 0 unspecified atom stereocenters. The number of alkyl halides is 3. The fourth-order valence-corrected chi connectivity index (χ4v) is 4.92. The molecule has 40 heavy (non-hydrogen) atoms. The topological polar surface area (TPSA) is 109 Å². The monoisotopic (exact) mass is 559 g/mol. The summed E-state index contributed by atoms with van der Waals surface area (Å²) in [6.07, 6.45) is 1.53. The lowest BCUT2D eigenvalue weighted by Crippen LogP contribution is -2.36. The van der Waals surface area contributed by atoms with E-state index in [-0.39, 0.29) is 35.8 Å². The number of nitrogens with zero attached hydrogens (tertiary/aromatic N) is 7. The van der Waals surface area contributed by atoms with Crippen LogP contribution in [0.3, 0.4) is 0 Å². The number of piperidine rings is 1. The molecule has 4 aromatic rings. The van der Waals surface area contributed by atoms with Crippen molar-refractivity contribution in [2.45, 2.75) is 39.1 Å². The smallest absolute Gasteiger partial charge is 0.479 e. The first-order chi connectivity index (χ1) is 19.2. The molecule has 1 aliphatic rings. The van der Waals surface area contributed by atoms with Gasteiger partial charge in [-0.2, -0.15) is 15.2 Å². The third kappa shape index (κ3) is 5.65. The molecule has 1 aromatic carbocycles. The lowest BCUT2D eigenvalue weighted by atomic mass is 9.90. The molecule has 5 rings (SSSR count). The Morgan fingerprint density at radius 1 is 1.10 bits per heavy atom. The van der Waals surface area contributed by atoms with Crippen molar-refractivity contribution in [3.05, 3.63) is 48.4 Å². The molecule has 0 spiro atoms. The molecule has 0 N–H and O–H groups in total. The normalized spacial score (nSPS) is 15.3. The Hall–Kier alpha value is -4.36. The van der Waals surface area contributed by atoms with E-state index in [1.807, 2.05) is 4.68 Å². The van der Waals surface area contributed by atoms with E-state index in [4.69, 9.17) is 9.47 Å². The lowest BCUT2D eigenvalue weighted by Gasteiger charge is -2.36. The summed E-state index contributed by atoms with van der Waals surface area (Å²) in [7, 11) is 1.52. The van der Waals surface area contributed by atoms with Crippen molar-refractivity contribution in [1.82, 2.24) is 29.5 Å². The van der Waals surface area contributed by atoms with Gasteiger partial charge in [-0.1, -0.05) is 0 Å². The fourth-order valence-electron chi connectivity index (χ4n) is 4.92. The number of carbonyl (C=O) groups is 1. The van der Waals surface area contributed by atoms with Crippen LogP contribution in [0.25, 0.3) is 17.0 Å². The van der Waals surface area contributed by atoms with E-state index in [0.29, 0.717) is 16.9 Å². The van der Waals surface area contributed by atoms with E-state index in [9.17, 15) is 18.0 Å². The van der Waals surface area contributed by atoms with Gasteiger partial charge < -0.3 is 19.1 Å². The molecule has 1 saturated heterocycles. The van der Waals surface area contributed by atoms with E-state index in [1.165, 1.54) is 36.3 Å². The maximum Gasteiger partial charge on any atom is 0.573 e. The molecule has 4 heterocycles. The molecular weight excluding hydrogens is 531 g/mol. The second kappa shape index (κ2) is 11.0. The largest absolute Gasteiger partial charge is 0.573 e. The van der Waals surface area contributed by atoms with Gasteiger partial charge in [0.2, 0.25) is 5.88 Å². The minimum absolute atomic E-state index is 0.00526. The number of carbonyl (C=O) groups excluding carboxylic acids is 1. The molecule has 11 nitrogen and oxygen atoms in total. The first-order valence-corrected chi connectivity index (χ1v) is 12.8. The first kappa shape index (κ1) is 27.2. The number of ether oxygens (including phenoxy) is 3. The summed E-state index contributed by atoms with van der Waals surface area (Å²) in [6, 6.07) is 5.94. The number of halogens is 3. The molecule has 0 saturated carbocycles. The minimum atomic E-state index is -4.71. The Kier molecular flexibility index (Phi) is 7.50. The van der Waals surface area contributed by atoms with Crippen molar-refractivity contribution >= 4 is 22.7 Å². The molecule has 14 heteroatoms. The molecule has 1 atom stereocenters.